The number of hydrogen-bond acceptors (Lipinski definition) is 6. The molecule has 1 fully saturated rings. The van der Waals surface area contributed by atoms with Crippen LogP contribution in [0, 0.1) is 11.8 Å². The van der Waals surface area contributed by atoms with E-state index < -0.39 is 23.5 Å². The van der Waals surface area contributed by atoms with E-state index in [0.29, 0.717) is 19.4 Å². The van der Waals surface area contributed by atoms with E-state index in [9.17, 15) is 14.4 Å². The van der Waals surface area contributed by atoms with Crippen molar-refractivity contribution in [1.82, 2.24) is 0 Å². The minimum absolute atomic E-state index is 0.0542. The SMILES string of the molecule is COc1ccc(C[C@H](CC(=O)[C@H](C)N)C(=O)C[C@@H](Cc2ccccc2)C(=O)[C@@]2(C)CO2)cc1. The first-order valence-electron chi connectivity index (χ1n) is 11.4. The van der Waals surface area contributed by atoms with Crippen molar-refractivity contribution in [3.05, 3.63) is 65.7 Å². The molecule has 1 heterocycles. The Morgan fingerprint density at radius 2 is 1.48 bits per heavy atom. The Kier molecular flexibility index (Phi) is 8.16. The summed E-state index contributed by atoms with van der Waals surface area (Å²) in [7, 11) is 1.59. The smallest absolute Gasteiger partial charge is 0.170 e. The first-order valence-corrected chi connectivity index (χ1v) is 11.4. The van der Waals surface area contributed by atoms with E-state index in [1.807, 2.05) is 54.6 Å². The molecule has 0 saturated carbocycles. The Morgan fingerprint density at radius 1 is 0.939 bits per heavy atom. The maximum absolute atomic E-state index is 13.5. The van der Waals surface area contributed by atoms with E-state index in [1.54, 1.807) is 21.0 Å². The van der Waals surface area contributed by atoms with Crippen molar-refractivity contribution in [2.75, 3.05) is 13.7 Å². The fraction of sp³-hybridized carbons (Fsp3) is 0.444. The molecule has 0 bridgehead atoms. The zero-order valence-electron chi connectivity index (χ0n) is 19.6. The molecule has 4 atom stereocenters. The molecule has 1 aliphatic heterocycles. The van der Waals surface area contributed by atoms with E-state index in [4.69, 9.17) is 15.2 Å². The number of Topliss-reactive ketones (excluding diaryl/α,β-unsaturated/α-hetero) is 3. The van der Waals surface area contributed by atoms with Gasteiger partial charge in [0.2, 0.25) is 0 Å². The molecule has 33 heavy (non-hydrogen) atoms. The van der Waals surface area contributed by atoms with E-state index >= 15 is 0 Å². The highest BCUT2D eigenvalue weighted by Crippen LogP contribution is 2.33. The lowest BCUT2D eigenvalue weighted by molar-refractivity contribution is -0.133. The van der Waals surface area contributed by atoms with Crippen molar-refractivity contribution >= 4 is 17.3 Å². The molecule has 0 amide bonds. The van der Waals surface area contributed by atoms with Gasteiger partial charge in [-0.1, -0.05) is 42.5 Å². The molecule has 2 aromatic carbocycles. The van der Waals surface area contributed by atoms with Gasteiger partial charge >= 0.3 is 0 Å². The molecule has 0 spiro atoms. The van der Waals surface area contributed by atoms with Crippen molar-refractivity contribution in [3.8, 4) is 5.75 Å². The first-order chi connectivity index (χ1) is 15.7. The zero-order valence-corrected chi connectivity index (χ0v) is 19.6. The summed E-state index contributed by atoms with van der Waals surface area (Å²) in [5.74, 6) is -0.642. The third-order valence-electron chi connectivity index (χ3n) is 6.29. The van der Waals surface area contributed by atoms with Crippen LogP contribution in [0.5, 0.6) is 5.75 Å². The van der Waals surface area contributed by atoms with Gasteiger partial charge in [0.25, 0.3) is 0 Å². The summed E-state index contributed by atoms with van der Waals surface area (Å²) >= 11 is 0. The highest BCUT2D eigenvalue weighted by atomic mass is 16.6. The fourth-order valence-corrected chi connectivity index (χ4v) is 4.02. The number of epoxide rings is 1. The van der Waals surface area contributed by atoms with Gasteiger partial charge in [-0.2, -0.15) is 0 Å². The minimum atomic E-state index is -0.813. The number of rotatable bonds is 13. The van der Waals surface area contributed by atoms with Gasteiger partial charge in [-0.15, -0.1) is 0 Å². The van der Waals surface area contributed by atoms with Gasteiger partial charge < -0.3 is 15.2 Å². The topological polar surface area (TPSA) is 99.0 Å². The molecule has 6 heteroatoms. The normalized spacial score (nSPS) is 19.9. The van der Waals surface area contributed by atoms with Crippen molar-refractivity contribution < 1.29 is 23.9 Å². The zero-order chi connectivity index (χ0) is 24.0. The van der Waals surface area contributed by atoms with Gasteiger partial charge in [-0.3, -0.25) is 14.4 Å². The van der Waals surface area contributed by atoms with Crippen LogP contribution in [0.15, 0.2) is 54.6 Å². The molecule has 1 saturated heterocycles. The number of hydrogen-bond donors (Lipinski definition) is 1. The van der Waals surface area contributed by atoms with E-state index in [2.05, 4.69) is 0 Å². The minimum Gasteiger partial charge on any atom is -0.497 e. The fourth-order valence-electron chi connectivity index (χ4n) is 4.02. The Hall–Kier alpha value is -2.83. The average molecular weight is 452 g/mol. The number of carbonyl (C=O) groups excluding carboxylic acids is 3. The van der Waals surface area contributed by atoms with Crippen LogP contribution in [-0.2, 0) is 32.0 Å². The number of ether oxygens (including phenoxy) is 2. The van der Waals surface area contributed by atoms with Crippen LogP contribution in [0.3, 0.4) is 0 Å². The molecule has 1 aliphatic rings. The third kappa shape index (κ3) is 6.83. The second kappa shape index (κ2) is 10.9. The Bertz CT molecular complexity index is 964. The molecule has 0 unspecified atom stereocenters. The van der Waals surface area contributed by atoms with Crippen LogP contribution in [0.1, 0.15) is 37.8 Å². The van der Waals surface area contributed by atoms with Crippen LogP contribution in [0.25, 0.3) is 0 Å². The molecular weight excluding hydrogens is 418 g/mol. The summed E-state index contributed by atoms with van der Waals surface area (Å²) in [5, 5.41) is 0. The standard InChI is InChI=1S/C27H33NO5/c1-18(28)24(29)15-21(13-20-9-11-23(32-3)12-10-20)25(30)16-22(26(31)27(2)17-33-27)14-19-7-5-4-6-8-19/h4-12,18,21-22H,13-17,28H2,1-3H3/t18-,21+,22+,27+/m0/s1. The number of nitrogens with two attached hydrogens (primary N) is 1. The van der Waals surface area contributed by atoms with Gasteiger partial charge in [0.15, 0.2) is 5.78 Å². The molecule has 0 aliphatic carbocycles. The lowest BCUT2D eigenvalue weighted by Gasteiger charge is -2.22. The number of methoxy groups -OCH3 is 1. The lowest BCUT2D eigenvalue weighted by Crippen LogP contribution is -2.35. The van der Waals surface area contributed by atoms with Gasteiger partial charge in [-0.25, -0.2) is 0 Å². The maximum atomic E-state index is 13.5. The Balaban J connectivity index is 1.79. The quantitative estimate of drug-likeness (QED) is 0.469. The molecule has 3 rings (SSSR count). The van der Waals surface area contributed by atoms with Gasteiger partial charge in [0, 0.05) is 24.7 Å². The summed E-state index contributed by atoms with van der Waals surface area (Å²) < 4.78 is 10.6. The van der Waals surface area contributed by atoms with Crippen molar-refractivity contribution in [1.29, 1.82) is 0 Å². The Labute approximate surface area is 195 Å². The van der Waals surface area contributed by atoms with Gasteiger partial charge in [0.05, 0.1) is 19.8 Å². The predicted octanol–water partition coefficient (Wildman–Crippen LogP) is 3.34. The molecule has 0 radical (unpaired) electrons. The van der Waals surface area contributed by atoms with Crippen LogP contribution in [-0.4, -0.2) is 42.7 Å². The van der Waals surface area contributed by atoms with Gasteiger partial charge in [0.1, 0.15) is 22.9 Å². The van der Waals surface area contributed by atoms with Gasteiger partial charge in [-0.05, 0) is 49.9 Å². The highest BCUT2D eigenvalue weighted by Gasteiger charge is 2.50. The Morgan fingerprint density at radius 3 is 2.03 bits per heavy atom. The number of benzene rings is 2. The second-order valence-electron chi connectivity index (χ2n) is 9.15. The van der Waals surface area contributed by atoms with Crippen LogP contribution < -0.4 is 10.5 Å². The van der Waals surface area contributed by atoms with E-state index in [-0.39, 0.29) is 30.2 Å². The van der Waals surface area contributed by atoms with E-state index in [0.717, 1.165) is 16.9 Å². The molecule has 0 aromatic heterocycles. The number of carbonyl (C=O) groups is 3. The highest BCUT2D eigenvalue weighted by molar-refractivity contribution is 5.96. The third-order valence-corrected chi connectivity index (χ3v) is 6.29. The lowest BCUT2D eigenvalue weighted by atomic mass is 9.80. The summed E-state index contributed by atoms with van der Waals surface area (Å²) in [6.07, 6.45) is 0.991. The maximum Gasteiger partial charge on any atom is 0.170 e. The van der Waals surface area contributed by atoms with Crippen LogP contribution >= 0.6 is 0 Å². The largest absolute Gasteiger partial charge is 0.497 e. The predicted molar refractivity (Wildman–Crippen MR) is 126 cm³/mol. The van der Waals surface area contributed by atoms with E-state index in [1.165, 1.54) is 0 Å². The average Bonchev–Trinajstić information content (AvgIpc) is 3.57. The van der Waals surface area contributed by atoms with Crippen LogP contribution in [0.4, 0.5) is 0 Å². The van der Waals surface area contributed by atoms with Crippen molar-refractivity contribution in [2.24, 2.45) is 17.6 Å². The molecule has 6 nitrogen and oxygen atoms in total. The molecular formula is C27H33NO5. The summed E-state index contributed by atoms with van der Waals surface area (Å²) in [4.78, 5) is 39.1. The summed E-state index contributed by atoms with van der Waals surface area (Å²) in [6.45, 7) is 3.78. The van der Waals surface area contributed by atoms with Crippen LogP contribution in [0.2, 0.25) is 0 Å². The van der Waals surface area contributed by atoms with Crippen molar-refractivity contribution in [2.45, 2.75) is 51.2 Å². The summed E-state index contributed by atoms with van der Waals surface area (Å²) in [6, 6.07) is 16.5. The first kappa shape index (κ1) is 24.8. The number of ketones is 3. The second-order valence-corrected chi connectivity index (χ2v) is 9.15. The molecule has 2 N–H and O–H groups in total. The summed E-state index contributed by atoms with van der Waals surface area (Å²) in [5.41, 5.74) is 6.89. The molecule has 176 valence electrons. The molecule has 2 aromatic rings. The monoisotopic (exact) mass is 451 g/mol. The van der Waals surface area contributed by atoms with Crippen molar-refractivity contribution in [3.63, 3.8) is 0 Å².